The Hall–Kier alpha value is -1.13. The molecule has 2 aromatic rings. The zero-order chi connectivity index (χ0) is 12.5. The van der Waals surface area contributed by atoms with Crippen molar-refractivity contribution in [2.45, 2.75) is 38.9 Å². The summed E-state index contributed by atoms with van der Waals surface area (Å²) in [5, 5.41) is 4.25. The molecule has 1 aliphatic rings. The van der Waals surface area contributed by atoms with Gasteiger partial charge in [0.25, 0.3) is 0 Å². The summed E-state index contributed by atoms with van der Waals surface area (Å²) in [5.74, 6) is 0. The zero-order valence-electron chi connectivity index (χ0n) is 11.0. The maximum absolute atomic E-state index is 4.25. The number of hydrogen-bond acceptors (Lipinski definition) is 3. The summed E-state index contributed by atoms with van der Waals surface area (Å²) < 4.78 is 1.88. The van der Waals surface area contributed by atoms with Gasteiger partial charge in [-0.1, -0.05) is 0 Å². The molecule has 3 nitrogen and oxygen atoms in total. The van der Waals surface area contributed by atoms with Gasteiger partial charge in [0.1, 0.15) is 0 Å². The number of thiophene rings is 1. The van der Waals surface area contributed by atoms with E-state index in [0.717, 1.165) is 19.1 Å². The topological polar surface area (TPSA) is 21.1 Å². The molecule has 2 heterocycles. The van der Waals surface area contributed by atoms with Gasteiger partial charge in [0, 0.05) is 47.7 Å². The molecule has 3 rings (SSSR count). The van der Waals surface area contributed by atoms with E-state index >= 15 is 0 Å². The van der Waals surface area contributed by atoms with Gasteiger partial charge < -0.3 is 0 Å². The van der Waals surface area contributed by atoms with Crippen molar-refractivity contribution < 1.29 is 0 Å². The van der Waals surface area contributed by atoms with Crippen LogP contribution in [-0.4, -0.2) is 20.7 Å². The molecule has 0 aromatic carbocycles. The molecule has 18 heavy (non-hydrogen) atoms. The van der Waals surface area contributed by atoms with Crippen LogP contribution in [0.3, 0.4) is 0 Å². The van der Waals surface area contributed by atoms with Crippen LogP contribution in [0.1, 0.15) is 28.2 Å². The lowest BCUT2D eigenvalue weighted by molar-refractivity contribution is 0.248. The minimum Gasteiger partial charge on any atom is -0.291 e. The molecule has 0 atom stereocenters. The van der Waals surface area contributed by atoms with Crippen molar-refractivity contribution in [1.29, 1.82) is 0 Å². The molecule has 0 radical (unpaired) electrons. The van der Waals surface area contributed by atoms with Crippen LogP contribution < -0.4 is 0 Å². The Bertz CT molecular complexity index is 482. The molecule has 0 amide bonds. The van der Waals surface area contributed by atoms with E-state index in [-0.39, 0.29) is 0 Å². The summed E-state index contributed by atoms with van der Waals surface area (Å²) in [5.41, 5.74) is 1.32. The largest absolute Gasteiger partial charge is 0.291 e. The van der Waals surface area contributed by atoms with Crippen LogP contribution in [0, 0.1) is 6.92 Å². The van der Waals surface area contributed by atoms with Gasteiger partial charge in [-0.05, 0) is 31.9 Å². The molecular formula is C14H19N3S. The van der Waals surface area contributed by atoms with Crippen molar-refractivity contribution in [3.8, 4) is 0 Å². The summed E-state index contributed by atoms with van der Waals surface area (Å²) in [7, 11) is 1.98. The molecule has 0 bridgehead atoms. The van der Waals surface area contributed by atoms with Gasteiger partial charge in [-0.3, -0.25) is 9.58 Å². The van der Waals surface area contributed by atoms with Crippen LogP contribution in [0.15, 0.2) is 24.5 Å². The second-order valence-corrected chi connectivity index (χ2v) is 6.54. The molecule has 0 aliphatic heterocycles. The smallest absolute Gasteiger partial charge is 0.0534 e. The van der Waals surface area contributed by atoms with Crippen LogP contribution in [0.5, 0.6) is 0 Å². The van der Waals surface area contributed by atoms with Gasteiger partial charge in [-0.15, -0.1) is 11.3 Å². The molecule has 96 valence electrons. The Kier molecular flexibility index (Phi) is 3.22. The predicted molar refractivity (Wildman–Crippen MR) is 74.5 cm³/mol. The molecule has 4 heteroatoms. The maximum Gasteiger partial charge on any atom is 0.0534 e. The quantitative estimate of drug-likeness (QED) is 0.825. The molecule has 0 unspecified atom stereocenters. The monoisotopic (exact) mass is 261 g/mol. The van der Waals surface area contributed by atoms with Gasteiger partial charge in [0.05, 0.1) is 6.20 Å². The second kappa shape index (κ2) is 4.86. The lowest BCUT2D eigenvalue weighted by atomic mass is 10.3. The van der Waals surface area contributed by atoms with Crippen molar-refractivity contribution in [1.82, 2.24) is 14.7 Å². The van der Waals surface area contributed by atoms with Crippen molar-refractivity contribution >= 4 is 11.3 Å². The number of hydrogen-bond donors (Lipinski definition) is 0. The van der Waals surface area contributed by atoms with Gasteiger partial charge in [-0.25, -0.2) is 0 Å². The SMILES string of the molecule is Cc1ccc(CN(Cc2cnn(C)c2)C2CC2)s1. The van der Waals surface area contributed by atoms with E-state index in [9.17, 15) is 0 Å². The summed E-state index contributed by atoms with van der Waals surface area (Å²) in [6, 6.07) is 5.26. The van der Waals surface area contributed by atoms with Crippen molar-refractivity contribution in [3.63, 3.8) is 0 Å². The number of aromatic nitrogens is 2. The standard InChI is InChI=1S/C14H19N3S/c1-11-3-6-14(18-11)10-17(13-4-5-13)9-12-7-15-16(2)8-12/h3,6-8,13H,4-5,9-10H2,1-2H3. The second-order valence-electron chi connectivity index (χ2n) is 5.17. The van der Waals surface area contributed by atoms with Gasteiger partial charge in [0.2, 0.25) is 0 Å². The Morgan fingerprint density at radius 3 is 2.78 bits per heavy atom. The van der Waals surface area contributed by atoms with Gasteiger partial charge in [-0.2, -0.15) is 5.10 Å². The number of rotatable bonds is 5. The zero-order valence-corrected chi connectivity index (χ0v) is 11.8. The minimum atomic E-state index is 0.785. The fourth-order valence-electron chi connectivity index (χ4n) is 2.31. The van der Waals surface area contributed by atoms with E-state index in [0.29, 0.717) is 0 Å². The fraction of sp³-hybridized carbons (Fsp3) is 0.500. The van der Waals surface area contributed by atoms with Gasteiger partial charge >= 0.3 is 0 Å². The molecule has 0 saturated heterocycles. The average Bonchev–Trinajstić information content (AvgIpc) is 2.99. The molecule has 1 saturated carbocycles. The molecular weight excluding hydrogens is 242 g/mol. The molecule has 1 fully saturated rings. The first-order chi connectivity index (χ1) is 8.70. The van der Waals surface area contributed by atoms with E-state index in [1.165, 1.54) is 28.2 Å². The Morgan fingerprint density at radius 2 is 2.22 bits per heavy atom. The highest BCUT2D eigenvalue weighted by Gasteiger charge is 2.29. The lowest BCUT2D eigenvalue weighted by Crippen LogP contribution is -2.24. The minimum absolute atomic E-state index is 0.785. The summed E-state index contributed by atoms with van der Waals surface area (Å²) in [6.07, 6.45) is 6.80. The molecule has 0 spiro atoms. The van der Waals surface area contributed by atoms with Crippen molar-refractivity contribution in [2.75, 3.05) is 0 Å². The Morgan fingerprint density at radius 1 is 1.39 bits per heavy atom. The highest BCUT2D eigenvalue weighted by molar-refractivity contribution is 7.11. The van der Waals surface area contributed by atoms with Crippen LogP contribution in [-0.2, 0) is 20.1 Å². The third-order valence-corrected chi connectivity index (χ3v) is 4.35. The first-order valence-electron chi connectivity index (χ1n) is 6.47. The molecule has 1 aliphatic carbocycles. The molecule has 0 N–H and O–H groups in total. The number of aryl methyl sites for hydroxylation is 2. The average molecular weight is 261 g/mol. The van der Waals surface area contributed by atoms with Crippen molar-refractivity contribution in [2.24, 2.45) is 7.05 Å². The summed E-state index contributed by atoms with van der Waals surface area (Å²) >= 11 is 1.91. The summed E-state index contributed by atoms with van der Waals surface area (Å²) in [6.45, 7) is 4.28. The summed E-state index contributed by atoms with van der Waals surface area (Å²) in [4.78, 5) is 5.47. The lowest BCUT2D eigenvalue weighted by Gasteiger charge is -2.20. The van der Waals surface area contributed by atoms with Crippen LogP contribution in [0.25, 0.3) is 0 Å². The normalized spacial score (nSPS) is 15.5. The fourth-order valence-corrected chi connectivity index (χ4v) is 3.23. The Balaban J connectivity index is 1.68. The molecule has 2 aromatic heterocycles. The van der Waals surface area contributed by atoms with E-state index in [4.69, 9.17) is 0 Å². The number of nitrogens with zero attached hydrogens (tertiary/aromatic N) is 3. The van der Waals surface area contributed by atoms with Crippen LogP contribution in [0.4, 0.5) is 0 Å². The highest BCUT2D eigenvalue weighted by Crippen LogP contribution is 2.31. The third kappa shape index (κ3) is 2.82. The van der Waals surface area contributed by atoms with E-state index < -0.39 is 0 Å². The predicted octanol–water partition coefficient (Wildman–Crippen LogP) is 2.95. The maximum atomic E-state index is 4.25. The van der Waals surface area contributed by atoms with Gasteiger partial charge in [0.15, 0.2) is 0 Å². The van der Waals surface area contributed by atoms with E-state index in [2.05, 4.69) is 35.3 Å². The van der Waals surface area contributed by atoms with Crippen LogP contribution in [0.2, 0.25) is 0 Å². The Labute approximate surface area is 112 Å². The van der Waals surface area contributed by atoms with Crippen molar-refractivity contribution in [3.05, 3.63) is 39.8 Å². The third-order valence-electron chi connectivity index (χ3n) is 3.36. The van der Waals surface area contributed by atoms with E-state index in [1.54, 1.807) is 0 Å². The first kappa shape index (κ1) is 11.9. The van der Waals surface area contributed by atoms with Crippen LogP contribution >= 0.6 is 11.3 Å². The first-order valence-corrected chi connectivity index (χ1v) is 7.29. The van der Waals surface area contributed by atoms with E-state index in [1.807, 2.05) is 29.3 Å². The highest BCUT2D eigenvalue weighted by atomic mass is 32.1.